The summed E-state index contributed by atoms with van der Waals surface area (Å²) in [6, 6.07) is 1.79. The Morgan fingerprint density at radius 2 is 2.33 bits per heavy atom. The summed E-state index contributed by atoms with van der Waals surface area (Å²) in [5.41, 5.74) is 0.0205. The van der Waals surface area contributed by atoms with Gasteiger partial charge in [-0.25, -0.2) is 23.1 Å². The van der Waals surface area contributed by atoms with Crippen LogP contribution < -0.4 is 4.72 Å². The van der Waals surface area contributed by atoms with Crippen molar-refractivity contribution in [1.29, 1.82) is 0 Å². The number of ether oxygens (including phenoxy) is 1. The largest absolute Gasteiger partial charge is 0.369 e. The van der Waals surface area contributed by atoms with Crippen LogP contribution in [-0.4, -0.2) is 71.2 Å². The van der Waals surface area contributed by atoms with Gasteiger partial charge in [-0.05, 0) is 18.9 Å². The predicted molar refractivity (Wildman–Crippen MR) is 95.6 cm³/mol. The molecule has 5 heterocycles. The molecule has 0 saturated carbocycles. The van der Waals surface area contributed by atoms with Gasteiger partial charge >= 0.3 is 0 Å². The first-order valence-corrected chi connectivity index (χ1v) is 11.0. The number of aromatic nitrogens is 3. The van der Waals surface area contributed by atoms with Gasteiger partial charge in [0.2, 0.25) is 15.8 Å². The number of nitrogens with one attached hydrogen (secondary N) is 1. The second-order valence-electron chi connectivity index (χ2n) is 7.79. The van der Waals surface area contributed by atoms with E-state index < -0.39 is 10.0 Å². The molecule has 1 spiro atoms. The molecule has 0 unspecified atom stereocenters. The van der Waals surface area contributed by atoms with E-state index in [1.165, 1.54) is 6.26 Å². The van der Waals surface area contributed by atoms with Crippen LogP contribution in [0.25, 0.3) is 5.78 Å². The minimum Gasteiger partial charge on any atom is -0.369 e. The molecule has 3 aliphatic rings. The number of carbonyl (C=O) groups is 1. The Morgan fingerprint density at radius 3 is 3.11 bits per heavy atom. The van der Waals surface area contributed by atoms with Crippen molar-refractivity contribution in [3.8, 4) is 0 Å². The molecule has 0 radical (unpaired) electrons. The van der Waals surface area contributed by atoms with E-state index >= 15 is 0 Å². The van der Waals surface area contributed by atoms with Crippen molar-refractivity contribution in [2.45, 2.75) is 24.5 Å². The van der Waals surface area contributed by atoms with E-state index in [1.807, 2.05) is 0 Å². The molecule has 5 rings (SSSR count). The van der Waals surface area contributed by atoms with Crippen molar-refractivity contribution in [2.24, 2.45) is 11.8 Å². The quantitative estimate of drug-likeness (QED) is 0.780. The van der Waals surface area contributed by atoms with Gasteiger partial charge < -0.3 is 9.64 Å². The molecule has 4 atom stereocenters. The van der Waals surface area contributed by atoms with Crippen molar-refractivity contribution in [1.82, 2.24) is 24.0 Å². The third kappa shape index (κ3) is 2.74. The Hall–Kier alpha value is -2.04. The molecule has 2 bridgehead atoms. The zero-order chi connectivity index (χ0) is 18.8. The Bertz CT molecular complexity index is 988. The first kappa shape index (κ1) is 17.1. The fourth-order valence-corrected chi connectivity index (χ4v) is 5.46. The number of rotatable bonds is 4. The summed E-state index contributed by atoms with van der Waals surface area (Å²) in [5.74, 6) is 0.593. The standard InChI is InChI=1S/C17H21N5O4S/c1-27(24,25)19-7-11-12-8-22(10-17(12)4-3-14(11)26-17)15(23)13-9-21-6-2-5-18-16(21)20-13/h2,5-6,9,11-12,14,19H,3-4,7-8,10H2,1H3/t11-,12+,14+,17+/m0/s1. The minimum absolute atomic E-state index is 0.0703. The number of fused-ring (bicyclic) bond motifs is 2. The van der Waals surface area contributed by atoms with Crippen LogP contribution in [-0.2, 0) is 14.8 Å². The topological polar surface area (TPSA) is 106 Å². The Morgan fingerprint density at radius 1 is 1.48 bits per heavy atom. The van der Waals surface area contributed by atoms with Crippen molar-refractivity contribution in [3.63, 3.8) is 0 Å². The molecule has 1 amide bonds. The van der Waals surface area contributed by atoms with Crippen molar-refractivity contribution in [3.05, 3.63) is 30.4 Å². The van der Waals surface area contributed by atoms with Crippen molar-refractivity contribution < 1.29 is 17.9 Å². The lowest BCUT2D eigenvalue weighted by Gasteiger charge is -2.29. The average molecular weight is 391 g/mol. The van der Waals surface area contributed by atoms with Crippen molar-refractivity contribution >= 4 is 21.7 Å². The first-order chi connectivity index (χ1) is 12.8. The molecule has 10 heteroatoms. The molecule has 2 aromatic heterocycles. The molecule has 1 N–H and O–H groups in total. The summed E-state index contributed by atoms with van der Waals surface area (Å²) in [7, 11) is -3.25. The molecule has 3 saturated heterocycles. The molecule has 0 aromatic carbocycles. The third-order valence-electron chi connectivity index (χ3n) is 6.11. The summed E-state index contributed by atoms with van der Waals surface area (Å²) in [6.07, 6.45) is 8.20. The van der Waals surface area contributed by atoms with E-state index in [4.69, 9.17) is 4.74 Å². The number of carbonyl (C=O) groups excluding carboxylic acids is 1. The maximum absolute atomic E-state index is 13.0. The van der Waals surface area contributed by atoms with Crippen LogP contribution in [0.1, 0.15) is 23.3 Å². The number of amides is 1. The molecule has 144 valence electrons. The van der Waals surface area contributed by atoms with Crippen molar-refractivity contribution in [2.75, 3.05) is 25.9 Å². The van der Waals surface area contributed by atoms with Gasteiger partial charge in [-0.2, -0.15) is 0 Å². The van der Waals surface area contributed by atoms with E-state index in [0.717, 1.165) is 12.8 Å². The first-order valence-electron chi connectivity index (χ1n) is 9.06. The van der Waals surface area contributed by atoms with Gasteiger partial charge in [0.1, 0.15) is 5.69 Å². The zero-order valence-corrected chi connectivity index (χ0v) is 15.7. The molecule has 2 aromatic rings. The monoisotopic (exact) mass is 391 g/mol. The summed E-state index contributed by atoms with van der Waals surface area (Å²) in [4.78, 5) is 23.3. The normalized spacial score (nSPS) is 32.3. The minimum atomic E-state index is -3.25. The Balaban J connectivity index is 1.37. The third-order valence-corrected chi connectivity index (χ3v) is 6.80. The van der Waals surface area contributed by atoms with E-state index in [-0.39, 0.29) is 29.4 Å². The van der Waals surface area contributed by atoms with Gasteiger partial charge in [0.05, 0.1) is 24.5 Å². The van der Waals surface area contributed by atoms with Crippen LogP contribution in [0.4, 0.5) is 0 Å². The molecule has 9 nitrogen and oxygen atoms in total. The van der Waals surface area contributed by atoms with Gasteiger partial charge in [-0.15, -0.1) is 0 Å². The highest BCUT2D eigenvalue weighted by Crippen LogP contribution is 2.54. The highest BCUT2D eigenvalue weighted by Gasteiger charge is 2.63. The van der Waals surface area contributed by atoms with E-state index in [9.17, 15) is 13.2 Å². The smallest absolute Gasteiger partial charge is 0.274 e. The predicted octanol–water partition coefficient (Wildman–Crippen LogP) is -0.102. The van der Waals surface area contributed by atoms with Gasteiger partial charge in [-0.3, -0.25) is 9.20 Å². The van der Waals surface area contributed by atoms with Gasteiger partial charge in [-0.1, -0.05) is 0 Å². The molecular weight excluding hydrogens is 370 g/mol. The van der Waals surface area contributed by atoms with Crippen LogP contribution >= 0.6 is 0 Å². The number of hydrogen-bond donors (Lipinski definition) is 1. The Labute approximate surface area is 156 Å². The maximum atomic E-state index is 13.0. The molecule has 3 aliphatic heterocycles. The lowest BCUT2D eigenvalue weighted by atomic mass is 9.74. The SMILES string of the molecule is CS(=O)(=O)NC[C@H]1[C@H]2CN(C(=O)c3cn4cccnc4n3)C[C@]23CC[C@H]1O3. The molecule has 27 heavy (non-hydrogen) atoms. The van der Waals surface area contributed by atoms with E-state index in [2.05, 4.69) is 14.7 Å². The second kappa shape index (κ2) is 5.73. The highest BCUT2D eigenvalue weighted by atomic mass is 32.2. The summed E-state index contributed by atoms with van der Waals surface area (Å²) in [5, 5.41) is 0. The lowest BCUT2D eigenvalue weighted by molar-refractivity contribution is 0.00320. The van der Waals surface area contributed by atoms with Gasteiger partial charge in [0.15, 0.2) is 0 Å². The van der Waals surface area contributed by atoms with Gasteiger partial charge in [0.25, 0.3) is 5.91 Å². The van der Waals surface area contributed by atoms with Crippen LogP contribution in [0.5, 0.6) is 0 Å². The van der Waals surface area contributed by atoms with Crippen LogP contribution in [0.2, 0.25) is 0 Å². The Kier molecular flexibility index (Phi) is 3.62. The number of hydrogen-bond acceptors (Lipinski definition) is 6. The molecule has 0 aliphatic carbocycles. The van der Waals surface area contributed by atoms with Crippen LogP contribution in [0.3, 0.4) is 0 Å². The number of likely N-dealkylation sites (tertiary alicyclic amines) is 1. The summed E-state index contributed by atoms with van der Waals surface area (Å²) in [6.45, 7) is 1.45. The molecular formula is C17H21N5O4S. The number of sulfonamides is 1. The average Bonchev–Trinajstić information content (AvgIpc) is 3.36. The van der Waals surface area contributed by atoms with Crippen LogP contribution in [0, 0.1) is 11.8 Å². The fraction of sp³-hybridized carbons (Fsp3) is 0.588. The summed E-state index contributed by atoms with van der Waals surface area (Å²) >= 11 is 0. The van der Waals surface area contributed by atoms with E-state index in [0.29, 0.717) is 31.1 Å². The highest BCUT2D eigenvalue weighted by molar-refractivity contribution is 7.88. The fourth-order valence-electron chi connectivity index (χ4n) is 4.96. The molecule has 3 fully saturated rings. The second-order valence-corrected chi connectivity index (χ2v) is 9.62. The van der Waals surface area contributed by atoms with Crippen LogP contribution in [0.15, 0.2) is 24.7 Å². The van der Waals surface area contributed by atoms with E-state index in [1.54, 1.807) is 34.0 Å². The van der Waals surface area contributed by atoms with Gasteiger partial charge in [0, 0.05) is 43.5 Å². The number of imidazole rings is 1. The lowest BCUT2D eigenvalue weighted by Crippen LogP contribution is -2.41. The zero-order valence-electron chi connectivity index (χ0n) is 14.9. The maximum Gasteiger partial charge on any atom is 0.274 e. The summed E-state index contributed by atoms with van der Waals surface area (Å²) < 4.78 is 33.6. The number of nitrogens with zero attached hydrogens (tertiary/aromatic N) is 4.